The number of halogens is 1. The molecule has 1 aliphatic rings. The van der Waals surface area contributed by atoms with Crippen LogP contribution in [0, 0.1) is 0 Å². The number of thioether (sulfide) groups is 1. The van der Waals surface area contributed by atoms with Crippen molar-refractivity contribution in [3.8, 4) is 11.5 Å². The van der Waals surface area contributed by atoms with Gasteiger partial charge in [-0.3, -0.25) is 9.69 Å². The van der Waals surface area contributed by atoms with Gasteiger partial charge in [0, 0.05) is 6.54 Å². The highest BCUT2D eigenvalue weighted by Crippen LogP contribution is 2.40. The molecule has 136 valence electrons. The first-order chi connectivity index (χ1) is 11.9. The number of hydrogen-bond donors (Lipinski definition) is 0. The Bertz CT molecular complexity index is 706. The number of ether oxygens (including phenoxy) is 2. The summed E-state index contributed by atoms with van der Waals surface area (Å²) in [6.45, 7) is 9.05. The van der Waals surface area contributed by atoms with Gasteiger partial charge in [0.2, 0.25) is 0 Å². The fourth-order valence-corrected chi connectivity index (χ4v) is 4.19. The highest BCUT2D eigenvalue weighted by molar-refractivity contribution is 9.10. The van der Waals surface area contributed by atoms with Gasteiger partial charge >= 0.3 is 0 Å². The van der Waals surface area contributed by atoms with E-state index in [4.69, 9.17) is 21.7 Å². The molecule has 1 aliphatic heterocycles. The third-order valence-corrected chi connectivity index (χ3v) is 5.68. The van der Waals surface area contributed by atoms with Gasteiger partial charge in [-0.15, -0.1) is 0 Å². The first-order valence-electron chi connectivity index (χ1n) is 8.29. The normalized spacial score (nSPS) is 17.3. The molecule has 0 radical (unpaired) electrons. The quantitative estimate of drug-likeness (QED) is 0.425. The summed E-state index contributed by atoms with van der Waals surface area (Å²) >= 11 is 10.1. The highest BCUT2D eigenvalue weighted by Gasteiger charge is 2.30. The fourth-order valence-electron chi connectivity index (χ4n) is 2.26. The van der Waals surface area contributed by atoms with Crippen LogP contribution in [-0.4, -0.2) is 34.4 Å². The average molecular weight is 444 g/mol. The minimum absolute atomic E-state index is 0.0495. The lowest BCUT2D eigenvalue weighted by Crippen LogP contribution is -2.27. The largest absolute Gasteiger partial charge is 0.490 e. The topological polar surface area (TPSA) is 38.8 Å². The molecule has 1 aromatic carbocycles. The Morgan fingerprint density at radius 3 is 2.64 bits per heavy atom. The summed E-state index contributed by atoms with van der Waals surface area (Å²) in [6.07, 6.45) is 2.83. The Morgan fingerprint density at radius 1 is 1.36 bits per heavy atom. The molecule has 1 unspecified atom stereocenters. The summed E-state index contributed by atoms with van der Waals surface area (Å²) in [5, 5.41) is 0. The third kappa shape index (κ3) is 4.77. The van der Waals surface area contributed by atoms with Crippen molar-refractivity contribution in [1.29, 1.82) is 0 Å². The molecule has 0 N–H and O–H groups in total. The first-order valence-corrected chi connectivity index (χ1v) is 10.3. The Morgan fingerprint density at radius 2 is 2.08 bits per heavy atom. The predicted molar refractivity (Wildman–Crippen MR) is 111 cm³/mol. The van der Waals surface area contributed by atoms with Gasteiger partial charge in [0.15, 0.2) is 11.5 Å². The van der Waals surface area contributed by atoms with Crippen LogP contribution in [-0.2, 0) is 4.79 Å². The SMILES string of the molecule is CCOc1cc(/C=C2\SC(=S)N(CC)C2=O)cc(Br)c1OC(C)CC. The Kier molecular flexibility index (Phi) is 7.34. The van der Waals surface area contributed by atoms with Crippen LogP contribution in [0.4, 0.5) is 0 Å². The number of carbonyl (C=O) groups excluding carboxylic acids is 1. The van der Waals surface area contributed by atoms with Crippen LogP contribution in [0.3, 0.4) is 0 Å². The summed E-state index contributed by atoms with van der Waals surface area (Å²) in [5.41, 5.74) is 0.864. The van der Waals surface area contributed by atoms with Crippen LogP contribution in [0.15, 0.2) is 21.5 Å². The molecule has 0 saturated carbocycles. The fraction of sp³-hybridized carbons (Fsp3) is 0.444. The first kappa shape index (κ1) is 20.3. The van der Waals surface area contributed by atoms with E-state index in [9.17, 15) is 4.79 Å². The van der Waals surface area contributed by atoms with Crippen LogP contribution >= 0.6 is 39.9 Å². The number of likely N-dealkylation sites (N-methyl/N-ethyl adjacent to an activating group) is 1. The number of hydrogen-bond acceptors (Lipinski definition) is 5. The number of benzene rings is 1. The number of nitrogens with zero attached hydrogens (tertiary/aromatic N) is 1. The number of carbonyl (C=O) groups is 1. The molecule has 2 rings (SSSR count). The van der Waals surface area contributed by atoms with Crippen molar-refractivity contribution >= 4 is 56.2 Å². The molecule has 0 aromatic heterocycles. The van der Waals surface area contributed by atoms with Crippen molar-refractivity contribution in [1.82, 2.24) is 4.90 Å². The maximum absolute atomic E-state index is 12.4. The van der Waals surface area contributed by atoms with Gasteiger partial charge in [0.1, 0.15) is 4.32 Å². The van der Waals surface area contributed by atoms with Crippen LogP contribution in [0.5, 0.6) is 11.5 Å². The van der Waals surface area contributed by atoms with Gasteiger partial charge in [-0.1, -0.05) is 30.9 Å². The molecule has 0 aliphatic carbocycles. The summed E-state index contributed by atoms with van der Waals surface area (Å²) in [4.78, 5) is 14.6. The van der Waals surface area contributed by atoms with Crippen LogP contribution in [0.1, 0.15) is 39.7 Å². The standard InChI is InChI=1S/C18H22BrNO3S2/c1-5-11(4)23-16-13(19)8-12(9-14(16)22-7-3)10-15-17(21)20(6-2)18(24)25-15/h8-11H,5-7H2,1-4H3/b15-10-. The Balaban J connectivity index is 2.38. The maximum Gasteiger partial charge on any atom is 0.266 e. The third-order valence-electron chi connectivity index (χ3n) is 3.71. The zero-order valence-corrected chi connectivity index (χ0v) is 18.0. The van der Waals surface area contributed by atoms with Crippen LogP contribution < -0.4 is 9.47 Å². The lowest BCUT2D eigenvalue weighted by molar-refractivity contribution is -0.121. The maximum atomic E-state index is 12.4. The molecule has 4 nitrogen and oxygen atoms in total. The van der Waals surface area contributed by atoms with Gasteiger partial charge in [-0.25, -0.2) is 0 Å². The molecule has 1 heterocycles. The Hall–Kier alpha value is -1.05. The second-order valence-electron chi connectivity index (χ2n) is 5.53. The molecule has 0 spiro atoms. The second kappa shape index (κ2) is 9.05. The van der Waals surface area contributed by atoms with E-state index in [1.165, 1.54) is 11.8 Å². The lowest BCUT2D eigenvalue weighted by atomic mass is 10.1. The van der Waals surface area contributed by atoms with E-state index in [-0.39, 0.29) is 12.0 Å². The van der Waals surface area contributed by atoms with Crippen molar-refractivity contribution < 1.29 is 14.3 Å². The van der Waals surface area contributed by atoms with Gasteiger partial charge in [0.25, 0.3) is 5.91 Å². The van der Waals surface area contributed by atoms with E-state index < -0.39 is 0 Å². The van der Waals surface area contributed by atoms with Crippen molar-refractivity contribution in [2.45, 2.75) is 40.2 Å². The lowest BCUT2D eigenvalue weighted by Gasteiger charge is -2.18. The summed E-state index contributed by atoms with van der Waals surface area (Å²) in [5.74, 6) is 1.30. The minimum Gasteiger partial charge on any atom is -0.490 e. The molecule has 1 fully saturated rings. The van der Waals surface area contributed by atoms with Gasteiger partial charge in [-0.05, 0) is 66.9 Å². The van der Waals surface area contributed by atoms with E-state index in [1.807, 2.05) is 39.0 Å². The molecule has 7 heteroatoms. The molecule has 1 aromatic rings. The second-order valence-corrected chi connectivity index (χ2v) is 8.06. The average Bonchev–Trinajstić information content (AvgIpc) is 2.84. The van der Waals surface area contributed by atoms with Crippen molar-refractivity contribution in [3.63, 3.8) is 0 Å². The van der Waals surface area contributed by atoms with Gasteiger partial charge in [-0.2, -0.15) is 0 Å². The summed E-state index contributed by atoms with van der Waals surface area (Å²) in [7, 11) is 0. The predicted octanol–water partition coefficient (Wildman–Crippen LogP) is 5.25. The molecule has 1 amide bonds. The van der Waals surface area contributed by atoms with Gasteiger partial charge in [0.05, 0.1) is 22.1 Å². The van der Waals surface area contributed by atoms with E-state index in [2.05, 4.69) is 22.9 Å². The van der Waals surface area contributed by atoms with E-state index in [0.717, 1.165) is 16.5 Å². The van der Waals surface area contributed by atoms with Crippen LogP contribution in [0.25, 0.3) is 6.08 Å². The molecule has 25 heavy (non-hydrogen) atoms. The molecule has 1 saturated heterocycles. The van der Waals surface area contributed by atoms with E-state index in [1.54, 1.807) is 4.90 Å². The highest BCUT2D eigenvalue weighted by atomic mass is 79.9. The molecular weight excluding hydrogens is 422 g/mol. The van der Waals surface area contributed by atoms with Crippen molar-refractivity contribution in [3.05, 3.63) is 27.1 Å². The van der Waals surface area contributed by atoms with E-state index in [0.29, 0.717) is 33.9 Å². The van der Waals surface area contributed by atoms with E-state index >= 15 is 0 Å². The van der Waals surface area contributed by atoms with Crippen molar-refractivity contribution in [2.75, 3.05) is 13.2 Å². The minimum atomic E-state index is -0.0495. The number of amides is 1. The summed E-state index contributed by atoms with van der Waals surface area (Å²) in [6, 6.07) is 3.82. The van der Waals surface area contributed by atoms with Gasteiger partial charge < -0.3 is 9.47 Å². The number of thiocarbonyl (C=S) groups is 1. The zero-order chi connectivity index (χ0) is 18.6. The Labute approximate surface area is 167 Å². The molecule has 0 bridgehead atoms. The van der Waals surface area contributed by atoms with Crippen LogP contribution in [0.2, 0.25) is 0 Å². The summed E-state index contributed by atoms with van der Waals surface area (Å²) < 4.78 is 13.1. The molecule has 1 atom stereocenters. The monoisotopic (exact) mass is 443 g/mol. The van der Waals surface area contributed by atoms with Crippen molar-refractivity contribution in [2.24, 2.45) is 0 Å². The zero-order valence-electron chi connectivity index (χ0n) is 14.8. The molecular formula is C18H22BrNO3S2. The smallest absolute Gasteiger partial charge is 0.266 e. The number of rotatable bonds is 7.